The van der Waals surface area contributed by atoms with Crippen molar-refractivity contribution < 1.29 is 0 Å². The Hall–Kier alpha value is -8.86. The van der Waals surface area contributed by atoms with Crippen LogP contribution in [0.1, 0.15) is 0 Å². The molecule has 66 heavy (non-hydrogen) atoms. The Labute approximate surface area is 384 Å². The van der Waals surface area contributed by atoms with E-state index in [1.807, 2.05) is 36.4 Å². The average molecular weight is 843 g/mol. The summed E-state index contributed by atoms with van der Waals surface area (Å²) >= 11 is 0. The molecule has 0 aliphatic rings. The van der Waals surface area contributed by atoms with Gasteiger partial charge in [0.25, 0.3) is 0 Å². The number of aromatic nitrogens is 3. The van der Waals surface area contributed by atoms with Gasteiger partial charge in [-0.25, -0.2) is 9.97 Å². The van der Waals surface area contributed by atoms with Crippen molar-refractivity contribution >= 4 is 49.6 Å². The molecule has 10 aromatic carbocycles. The molecule has 310 valence electrons. The highest BCUT2D eigenvalue weighted by Crippen LogP contribution is 2.40. The summed E-state index contributed by atoms with van der Waals surface area (Å²) in [6, 6.07) is 90.6. The summed E-state index contributed by atoms with van der Waals surface area (Å²) in [4.78, 5) is 12.5. The molecule has 4 heteroatoms. The number of benzene rings is 10. The first-order valence-corrected chi connectivity index (χ1v) is 22.4. The van der Waals surface area contributed by atoms with E-state index >= 15 is 0 Å². The second-order valence-electron chi connectivity index (χ2n) is 16.7. The number of anilines is 3. The van der Waals surface area contributed by atoms with Crippen molar-refractivity contribution in [2.24, 2.45) is 0 Å². The summed E-state index contributed by atoms with van der Waals surface area (Å²) in [5.74, 6) is 0.695. The second kappa shape index (κ2) is 16.7. The summed E-state index contributed by atoms with van der Waals surface area (Å²) < 4.78 is 2.36. The number of nitrogens with zero attached hydrogens (tertiary/aromatic N) is 4. The van der Waals surface area contributed by atoms with Gasteiger partial charge in [0.2, 0.25) is 0 Å². The molecule has 0 spiro atoms. The van der Waals surface area contributed by atoms with Crippen molar-refractivity contribution in [1.29, 1.82) is 0 Å². The van der Waals surface area contributed by atoms with Crippen LogP contribution in [0.2, 0.25) is 0 Å². The van der Waals surface area contributed by atoms with Gasteiger partial charge in [-0.05, 0) is 118 Å². The second-order valence-corrected chi connectivity index (χ2v) is 16.7. The standard InChI is InChI=1S/C62H42N4/c1-4-14-43(15-5-1)45-24-32-52(33-25-45)65(55-38-28-44-16-10-11-21-50(44)40-55)53-34-26-46(27-35-53)51-31-39-61-57(41-51)56-22-12-13-23-60(56)66(61)54-36-29-49(30-37-54)62-63-58(47-17-6-2-7-18-47)42-59(64-62)48-19-8-3-9-20-48/h1-42H. The third-order valence-electron chi connectivity index (χ3n) is 12.6. The first-order chi connectivity index (χ1) is 32.7. The SMILES string of the molecule is c1ccc(-c2ccc(N(c3ccc(-c4ccc5c(c4)c4ccccc4n5-c4ccc(-c5nc(-c6ccccc6)cc(-c6ccccc6)n5)cc4)cc3)c3ccc4ccccc4c3)cc2)cc1. The maximum atomic E-state index is 5.08. The Morgan fingerprint density at radius 3 is 1.39 bits per heavy atom. The van der Waals surface area contributed by atoms with E-state index < -0.39 is 0 Å². The van der Waals surface area contributed by atoms with Crippen LogP contribution in [0, 0.1) is 0 Å². The predicted octanol–water partition coefficient (Wildman–Crippen LogP) is 16.5. The minimum absolute atomic E-state index is 0.695. The number of hydrogen-bond acceptors (Lipinski definition) is 3. The van der Waals surface area contributed by atoms with Crippen molar-refractivity contribution in [3.05, 3.63) is 255 Å². The van der Waals surface area contributed by atoms with Crippen LogP contribution >= 0.6 is 0 Å². The quantitative estimate of drug-likeness (QED) is 0.145. The lowest BCUT2D eigenvalue weighted by atomic mass is 10.0. The maximum absolute atomic E-state index is 5.08. The van der Waals surface area contributed by atoms with Gasteiger partial charge in [-0.3, -0.25) is 0 Å². The molecule has 0 aliphatic carbocycles. The summed E-state index contributed by atoms with van der Waals surface area (Å²) in [6.07, 6.45) is 0. The molecular weight excluding hydrogens is 801 g/mol. The highest BCUT2D eigenvalue weighted by molar-refractivity contribution is 6.10. The van der Waals surface area contributed by atoms with E-state index in [0.29, 0.717) is 5.82 Å². The van der Waals surface area contributed by atoms with E-state index in [1.165, 1.54) is 38.2 Å². The molecule has 0 saturated carbocycles. The predicted molar refractivity (Wildman–Crippen MR) is 276 cm³/mol. The first kappa shape index (κ1) is 38.8. The molecule has 0 bridgehead atoms. The third kappa shape index (κ3) is 7.27. The van der Waals surface area contributed by atoms with Crippen molar-refractivity contribution in [3.8, 4) is 61.8 Å². The van der Waals surface area contributed by atoms with Crippen LogP contribution in [0.4, 0.5) is 17.1 Å². The molecule has 0 radical (unpaired) electrons. The molecule has 0 aliphatic heterocycles. The highest BCUT2D eigenvalue weighted by atomic mass is 15.1. The fourth-order valence-electron chi connectivity index (χ4n) is 9.28. The Balaban J connectivity index is 0.892. The lowest BCUT2D eigenvalue weighted by Crippen LogP contribution is -2.09. The van der Waals surface area contributed by atoms with Crippen LogP contribution in [0.15, 0.2) is 255 Å². The van der Waals surface area contributed by atoms with Gasteiger partial charge in [0.1, 0.15) is 0 Å². The molecule has 2 aromatic heterocycles. The monoisotopic (exact) mass is 842 g/mol. The van der Waals surface area contributed by atoms with E-state index in [9.17, 15) is 0 Å². The molecular formula is C62H42N4. The van der Waals surface area contributed by atoms with E-state index in [1.54, 1.807) is 0 Å². The topological polar surface area (TPSA) is 34.0 Å². The minimum Gasteiger partial charge on any atom is -0.310 e. The molecule has 12 rings (SSSR count). The van der Waals surface area contributed by atoms with Crippen LogP contribution in [0.5, 0.6) is 0 Å². The fraction of sp³-hybridized carbons (Fsp3) is 0. The zero-order chi connectivity index (χ0) is 43.8. The highest BCUT2D eigenvalue weighted by Gasteiger charge is 2.17. The fourth-order valence-corrected chi connectivity index (χ4v) is 9.28. The molecule has 0 saturated heterocycles. The van der Waals surface area contributed by atoms with Crippen LogP contribution in [-0.4, -0.2) is 14.5 Å². The molecule has 4 nitrogen and oxygen atoms in total. The van der Waals surface area contributed by atoms with E-state index in [2.05, 4.69) is 228 Å². The summed E-state index contributed by atoms with van der Waals surface area (Å²) in [6.45, 7) is 0. The Kier molecular flexibility index (Phi) is 9.81. The molecule has 0 fully saturated rings. The molecule has 2 heterocycles. The summed E-state index contributed by atoms with van der Waals surface area (Å²) in [5, 5.41) is 4.85. The van der Waals surface area contributed by atoms with Crippen LogP contribution in [0.25, 0.3) is 94.4 Å². The smallest absolute Gasteiger partial charge is 0.160 e. The number of fused-ring (bicyclic) bond motifs is 4. The van der Waals surface area contributed by atoms with Gasteiger partial charge in [-0.1, -0.05) is 170 Å². The normalized spacial score (nSPS) is 11.3. The summed E-state index contributed by atoms with van der Waals surface area (Å²) in [5.41, 5.74) is 16.3. The zero-order valence-corrected chi connectivity index (χ0v) is 36.0. The average Bonchev–Trinajstić information content (AvgIpc) is 3.73. The van der Waals surface area contributed by atoms with Gasteiger partial charge >= 0.3 is 0 Å². The van der Waals surface area contributed by atoms with Crippen LogP contribution in [0.3, 0.4) is 0 Å². The molecule has 0 amide bonds. The largest absolute Gasteiger partial charge is 0.310 e. The Morgan fingerprint density at radius 2 is 0.758 bits per heavy atom. The van der Waals surface area contributed by atoms with E-state index in [-0.39, 0.29) is 0 Å². The van der Waals surface area contributed by atoms with Gasteiger partial charge in [0.15, 0.2) is 5.82 Å². The molecule has 0 unspecified atom stereocenters. The Bertz CT molecular complexity index is 3600. The molecule has 12 aromatic rings. The van der Waals surface area contributed by atoms with Gasteiger partial charge < -0.3 is 9.47 Å². The number of para-hydroxylation sites is 1. The lowest BCUT2D eigenvalue weighted by molar-refractivity contribution is 1.16. The third-order valence-corrected chi connectivity index (χ3v) is 12.6. The molecule has 0 N–H and O–H groups in total. The van der Waals surface area contributed by atoms with Gasteiger partial charge in [0, 0.05) is 50.2 Å². The minimum atomic E-state index is 0.695. The first-order valence-electron chi connectivity index (χ1n) is 22.4. The maximum Gasteiger partial charge on any atom is 0.160 e. The van der Waals surface area contributed by atoms with Gasteiger partial charge in [-0.2, -0.15) is 0 Å². The lowest BCUT2D eigenvalue weighted by Gasteiger charge is -2.26. The van der Waals surface area contributed by atoms with Crippen LogP contribution < -0.4 is 4.90 Å². The number of hydrogen-bond donors (Lipinski definition) is 0. The summed E-state index contributed by atoms with van der Waals surface area (Å²) in [7, 11) is 0. The van der Waals surface area contributed by atoms with E-state index in [0.717, 1.165) is 67.4 Å². The van der Waals surface area contributed by atoms with Crippen molar-refractivity contribution in [1.82, 2.24) is 14.5 Å². The number of rotatable bonds is 9. The van der Waals surface area contributed by atoms with Gasteiger partial charge in [0.05, 0.1) is 22.4 Å². The van der Waals surface area contributed by atoms with Crippen LogP contribution in [-0.2, 0) is 0 Å². The van der Waals surface area contributed by atoms with Crippen molar-refractivity contribution in [2.45, 2.75) is 0 Å². The Morgan fingerprint density at radius 1 is 0.288 bits per heavy atom. The van der Waals surface area contributed by atoms with Crippen molar-refractivity contribution in [3.63, 3.8) is 0 Å². The van der Waals surface area contributed by atoms with Gasteiger partial charge in [-0.15, -0.1) is 0 Å². The van der Waals surface area contributed by atoms with E-state index in [4.69, 9.17) is 9.97 Å². The molecule has 0 atom stereocenters. The van der Waals surface area contributed by atoms with Crippen molar-refractivity contribution in [2.75, 3.05) is 4.90 Å². The zero-order valence-electron chi connectivity index (χ0n) is 36.0.